The van der Waals surface area contributed by atoms with Gasteiger partial charge in [0.25, 0.3) is 0 Å². The van der Waals surface area contributed by atoms with Crippen LogP contribution in [0.5, 0.6) is 11.5 Å². The molecule has 0 radical (unpaired) electrons. The average Bonchev–Trinajstić information content (AvgIpc) is 2.72. The van der Waals surface area contributed by atoms with Gasteiger partial charge in [0.2, 0.25) is 5.91 Å². The van der Waals surface area contributed by atoms with E-state index in [0.717, 1.165) is 16.7 Å². The third-order valence-corrected chi connectivity index (χ3v) is 3.88. The number of carbonyl (C=O) groups is 1. The standard InChI is InChI=1S/C17H15ClN2O3/c1-22-14-7-11-8-16(21)19-20-17(13(11)9-15(14)23-2)10-3-5-12(18)6-4-10/h3-7,9H,8H2,1-2H3,(H,19,21). The fraction of sp³-hybridized carbons (Fsp3) is 0.176. The van der Waals surface area contributed by atoms with Crippen LogP contribution in [-0.2, 0) is 11.2 Å². The fourth-order valence-electron chi connectivity index (χ4n) is 2.51. The SMILES string of the molecule is COc1cc2c(cc1OC)C(c1ccc(Cl)cc1)=NNC(=O)C2. The second-order valence-electron chi connectivity index (χ2n) is 5.04. The highest BCUT2D eigenvalue weighted by molar-refractivity contribution is 6.30. The van der Waals surface area contributed by atoms with E-state index in [1.165, 1.54) is 0 Å². The molecular formula is C17H15ClN2O3. The van der Waals surface area contributed by atoms with Gasteiger partial charge in [-0.2, -0.15) is 5.10 Å². The maximum absolute atomic E-state index is 11.9. The van der Waals surface area contributed by atoms with Gasteiger partial charge in [0.05, 0.1) is 26.4 Å². The Bertz CT molecular complexity index is 785. The number of amides is 1. The van der Waals surface area contributed by atoms with Crippen LogP contribution >= 0.6 is 11.6 Å². The molecule has 2 aromatic carbocycles. The van der Waals surface area contributed by atoms with Crippen LogP contribution < -0.4 is 14.9 Å². The lowest BCUT2D eigenvalue weighted by Gasteiger charge is -2.14. The Labute approximate surface area is 138 Å². The monoisotopic (exact) mass is 330 g/mol. The third-order valence-electron chi connectivity index (χ3n) is 3.63. The van der Waals surface area contributed by atoms with E-state index in [-0.39, 0.29) is 12.3 Å². The minimum Gasteiger partial charge on any atom is -0.493 e. The summed E-state index contributed by atoms with van der Waals surface area (Å²) in [4.78, 5) is 11.9. The van der Waals surface area contributed by atoms with Crippen molar-refractivity contribution >= 4 is 23.2 Å². The summed E-state index contributed by atoms with van der Waals surface area (Å²) in [6.07, 6.45) is 0.219. The first-order chi connectivity index (χ1) is 11.1. The molecule has 1 aliphatic rings. The van der Waals surface area contributed by atoms with Crippen LogP contribution in [0.4, 0.5) is 0 Å². The highest BCUT2D eigenvalue weighted by Gasteiger charge is 2.21. The molecule has 5 nitrogen and oxygen atoms in total. The second kappa shape index (κ2) is 6.30. The summed E-state index contributed by atoms with van der Waals surface area (Å²) in [7, 11) is 3.14. The molecule has 1 N–H and O–H groups in total. The smallest absolute Gasteiger partial charge is 0.244 e. The minimum atomic E-state index is -0.178. The minimum absolute atomic E-state index is 0.178. The van der Waals surface area contributed by atoms with Gasteiger partial charge in [0.1, 0.15) is 0 Å². The molecule has 0 aliphatic carbocycles. The van der Waals surface area contributed by atoms with Crippen molar-refractivity contribution < 1.29 is 14.3 Å². The van der Waals surface area contributed by atoms with Crippen molar-refractivity contribution in [1.82, 2.24) is 5.43 Å². The Morgan fingerprint density at radius 3 is 2.39 bits per heavy atom. The van der Waals surface area contributed by atoms with Crippen molar-refractivity contribution in [1.29, 1.82) is 0 Å². The first-order valence-electron chi connectivity index (χ1n) is 7.00. The summed E-state index contributed by atoms with van der Waals surface area (Å²) in [5.74, 6) is 0.987. The molecule has 3 rings (SSSR count). The van der Waals surface area contributed by atoms with Gasteiger partial charge in [0, 0.05) is 16.1 Å². The molecule has 0 fully saturated rings. The fourth-order valence-corrected chi connectivity index (χ4v) is 2.63. The number of nitrogens with zero attached hydrogens (tertiary/aromatic N) is 1. The average molecular weight is 331 g/mol. The quantitative estimate of drug-likeness (QED) is 0.941. The molecule has 1 aliphatic heterocycles. The number of hydrogen-bond acceptors (Lipinski definition) is 4. The zero-order chi connectivity index (χ0) is 16.4. The topological polar surface area (TPSA) is 59.9 Å². The number of benzene rings is 2. The van der Waals surface area contributed by atoms with Gasteiger partial charge < -0.3 is 9.47 Å². The van der Waals surface area contributed by atoms with Gasteiger partial charge in [-0.3, -0.25) is 4.79 Å². The zero-order valence-corrected chi connectivity index (χ0v) is 13.5. The van der Waals surface area contributed by atoms with Crippen LogP contribution in [0.2, 0.25) is 5.02 Å². The molecule has 0 bridgehead atoms. The first-order valence-corrected chi connectivity index (χ1v) is 7.38. The molecule has 1 heterocycles. The Balaban J connectivity index is 2.19. The lowest BCUT2D eigenvalue weighted by Crippen LogP contribution is -2.18. The number of hydrogen-bond donors (Lipinski definition) is 1. The number of halogens is 1. The summed E-state index contributed by atoms with van der Waals surface area (Å²) < 4.78 is 10.7. The number of ether oxygens (including phenoxy) is 2. The maximum atomic E-state index is 11.9. The van der Waals surface area contributed by atoms with Gasteiger partial charge >= 0.3 is 0 Å². The van der Waals surface area contributed by atoms with Crippen molar-refractivity contribution in [2.45, 2.75) is 6.42 Å². The highest BCUT2D eigenvalue weighted by Crippen LogP contribution is 2.33. The second-order valence-corrected chi connectivity index (χ2v) is 5.48. The van der Waals surface area contributed by atoms with Crippen molar-refractivity contribution in [2.24, 2.45) is 5.10 Å². The summed E-state index contributed by atoms with van der Waals surface area (Å²) in [6.45, 7) is 0. The van der Waals surface area contributed by atoms with E-state index in [0.29, 0.717) is 22.2 Å². The summed E-state index contributed by atoms with van der Waals surface area (Å²) in [6, 6.07) is 10.9. The number of methoxy groups -OCH3 is 2. The van der Waals surface area contributed by atoms with E-state index in [1.807, 2.05) is 24.3 Å². The van der Waals surface area contributed by atoms with E-state index >= 15 is 0 Å². The number of rotatable bonds is 3. The largest absolute Gasteiger partial charge is 0.493 e. The summed E-state index contributed by atoms with van der Waals surface area (Å²) in [5.41, 5.74) is 5.72. The predicted octanol–water partition coefficient (Wildman–Crippen LogP) is 2.78. The molecule has 0 saturated heterocycles. The Morgan fingerprint density at radius 1 is 1.09 bits per heavy atom. The van der Waals surface area contributed by atoms with E-state index in [4.69, 9.17) is 21.1 Å². The molecule has 0 aromatic heterocycles. The Hall–Kier alpha value is -2.53. The van der Waals surface area contributed by atoms with Crippen molar-refractivity contribution in [3.63, 3.8) is 0 Å². The molecule has 1 amide bonds. The number of carbonyl (C=O) groups excluding carboxylic acids is 1. The molecule has 0 saturated carbocycles. The van der Waals surface area contributed by atoms with Crippen molar-refractivity contribution in [3.05, 3.63) is 58.1 Å². The van der Waals surface area contributed by atoms with Crippen LogP contribution in [0, 0.1) is 0 Å². The van der Waals surface area contributed by atoms with Crippen LogP contribution in [-0.4, -0.2) is 25.8 Å². The Morgan fingerprint density at radius 2 is 1.74 bits per heavy atom. The molecule has 0 spiro atoms. The van der Waals surface area contributed by atoms with E-state index in [2.05, 4.69) is 10.5 Å². The van der Waals surface area contributed by atoms with Crippen LogP contribution in [0.15, 0.2) is 41.5 Å². The predicted molar refractivity (Wildman–Crippen MR) is 88.5 cm³/mol. The van der Waals surface area contributed by atoms with E-state index in [1.54, 1.807) is 26.4 Å². The molecule has 2 aromatic rings. The lowest BCUT2D eigenvalue weighted by atomic mass is 9.95. The number of hydrazone groups is 1. The maximum Gasteiger partial charge on any atom is 0.244 e. The molecular weight excluding hydrogens is 316 g/mol. The first kappa shape index (κ1) is 15.4. The normalized spacial score (nSPS) is 13.5. The summed E-state index contributed by atoms with van der Waals surface area (Å²) >= 11 is 5.95. The third kappa shape index (κ3) is 3.00. The molecule has 0 unspecified atom stereocenters. The van der Waals surface area contributed by atoms with E-state index < -0.39 is 0 Å². The zero-order valence-electron chi connectivity index (χ0n) is 12.7. The van der Waals surface area contributed by atoms with Gasteiger partial charge in [-0.05, 0) is 29.8 Å². The van der Waals surface area contributed by atoms with Crippen molar-refractivity contribution in [3.8, 4) is 11.5 Å². The van der Waals surface area contributed by atoms with E-state index in [9.17, 15) is 4.79 Å². The van der Waals surface area contributed by atoms with Crippen LogP contribution in [0.25, 0.3) is 0 Å². The number of nitrogens with one attached hydrogen (secondary N) is 1. The molecule has 23 heavy (non-hydrogen) atoms. The van der Waals surface area contributed by atoms with Gasteiger partial charge in [-0.1, -0.05) is 23.7 Å². The molecule has 118 valence electrons. The summed E-state index contributed by atoms with van der Waals surface area (Å²) in [5, 5.41) is 4.89. The van der Waals surface area contributed by atoms with Crippen molar-refractivity contribution in [2.75, 3.05) is 14.2 Å². The van der Waals surface area contributed by atoms with Gasteiger partial charge in [-0.25, -0.2) is 5.43 Å². The Kier molecular flexibility index (Phi) is 4.21. The van der Waals surface area contributed by atoms with Crippen LogP contribution in [0.1, 0.15) is 16.7 Å². The highest BCUT2D eigenvalue weighted by atomic mass is 35.5. The number of fused-ring (bicyclic) bond motifs is 1. The molecule has 0 atom stereocenters. The van der Waals surface area contributed by atoms with Gasteiger partial charge in [0.15, 0.2) is 11.5 Å². The molecule has 6 heteroatoms. The lowest BCUT2D eigenvalue weighted by molar-refractivity contribution is -0.120. The van der Waals surface area contributed by atoms with Crippen LogP contribution in [0.3, 0.4) is 0 Å². The van der Waals surface area contributed by atoms with Gasteiger partial charge in [-0.15, -0.1) is 0 Å².